The molecule has 3 N–H and O–H groups in total. The van der Waals surface area contributed by atoms with Crippen molar-refractivity contribution in [3.8, 4) is 0 Å². The molecule has 1 aliphatic heterocycles. The number of quaternary nitrogens is 1. The molecule has 0 radical (unpaired) electrons. The number of benzene rings is 1. The van der Waals surface area contributed by atoms with Crippen molar-refractivity contribution in [1.82, 2.24) is 4.98 Å². The highest BCUT2D eigenvalue weighted by Crippen LogP contribution is 2.38. The van der Waals surface area contributed by atoms with Gasteiger partial charge in [-0.15, -0.1) is 0 Å². The van der Waals surface area contributed by atoms with Crippen LogP contribution in [0.5, 0.6) is 0 Å². The van der Waals surface area contributed by atoms with Crippen LogP contribution in [0, 0.1) is 0 Å². The van der Waals surface area contributed by atoms with Crippen LogP contribution >= 0.6 is 0 Å². The molecule has 19 heavy (non-hydrogen) atoms. The third kappa shape index (κ3) is 1.52. The van der Waals surface area contributed by atoms with Gasteiger partial charge in [0.2, 0.25) is 0 Å². The summed E-state index contributed by atoms with van der Waals surface area (Å²) < 4.78 is 0. The normalized spacial score (nSPS) is 29.2. The summed E-state index contributed by atoms with van der Waals surface area (Å²) >= 11 is 0. The number of rotatable bonds is 1. The molecule has 0 fully saturated rings. The number of hydrogen-bond acceptors (Lipinski definition) is 1. The lowest BCUT2D eigenvalue weighted by atomic mass is 9.77. The van der Waals surface area contributed by atoms with E-state index in [0.717, 1.165) is 13.0 Å². The summed E-state index contributed by atoms with van der Waals surface area (Å²) in [5, 5.41) is 10.9. The van der Waals surface area contributed by atoms with E-state index in [-0.39, 0.29) is 6.61 Å². The van der Waals surface area contributed by atoms with Gasteiger partial charge < -0.3 is 15.0 Å². The first kappa shape index (κ1) is 11.3. The van der Waals surface area contributed by atoms with Crippen LogP contribution < -0.4 is 4.90 Å². The van der Waals surface area contributed by atoms with Crippen LogP contribution in [-0.4, -0.2) is 36.3 Å². The summed E-state index contributed by atoms with van der Waals surface area (Å²) in [5.74, 6) is 0.447. The van der Waals surface area contributed by atoms with Gasteiger partial charge in [0.05, 0.1) is 19.6 Å². The fraction of sp³-hybridized carbons (Fsp3) is 0.375. The Morgan fingerprint density at radius 2 is 2.32 bits per heavy atom. The smallest absolute Gasteiger partial charge is 0.102 e. The summed E-state index contributed by atoms with van der Waals surface area (Å²) in [6, 6.07) is 7.14. The number of aromatic amines is 1. The van der Waals surface area contributed by atoms with Crippen molar-refractivity contribution >= 4 is 10.9 Å². The van der Waals surface area contributed by atoms with Gasteiger partial charge >= 0.3 is 0 Å². The summed E-state index contributed by atoms with van der Waals surface area (Å²) in [5.41, 5.74) is 5.30. The molecule has 4 rings (SSSR count). The Hall–Kier alpha value is -1.58. The van der Waals surface area contributed by atoms with E-state index in [1.807, 2.05) is 0 Å². The third-order valence-electron chi connectivity index (χ3n) is 4.81. The minimum absolute atomic E-state index is 0.191. The van der Waals surface area contributed by atoms with Crippen molar-refractivity contribution in [2.75, 3.05) is 20.2 Å². The Kier molecular flexibility index (Phi) is 2.34. The lowest BCUT2D eigenvalue weighted by Gasteiger charge is -2.38. The first-order chi connectivity index (χ1) is 9.28. The van der Waals surface area contributed by atoms with E-state index in [0.29, 0.717) is 12.0 Å². The molecular weight excluding hydrogens is 236 g/mol. The van der Waals surface area contributed by atoms with Crippen molar-refractivity contribution in [2.45, 2.75) is 18.4 Å². The number of aromatic nitrogens is 1. The summed E-state index contributed by atoms with van der Waals surface area (Å²) in [4.78, 5) is 4.90. The molecule has 98 valence electrons. The zero-order chi connectivity index (χ0) is 13.0. The standard InChI is InChI=1S/C16H18N2O/c1-18-8-10(9-19)5-13-12-3-2-4-14-16(12)11(7-17-14)6-15(13)18/h2-5,7,13,15,17,19H,6,8-9H2,1H3/p+1/t13-,15-/m1/s1. The highest BCUT2D eigenvalue weighted by Gasteiger charge is 2.38. The first-order valence-electron chi connectivity index (χ1n) is 6.99. The molecule has 0 amide bonds. The number of H-pyrrole nitrogens is 1. The summed E-state index contributed by atoms with van der Waals surface area (Å²) in [6.07, 6.45) is 5.61. The van der Waals surface area contributed by atoms with Crippen LogP contribution in [0.4, 0.5) is 0 Å². The topological polar surface area (TPSA) is 40.5 Å². The second kappa shape index (κ2) is 3.95. The highest BCUT2D eigenvalue weighted by molar-refractivity contribution is 5.88. The van der Waals surface area contributed by atoms with Gasteiger partial charge in [-0.05, 0) is 17.2 Å². The minimum atomic E-state index is 0.191. The van der Waals surface area contributed by atoms with E-state index >= 15 is 0 Å². The quantitative estimate of drug-likeness (QED) is 0.643. The SMILES string of the molecule is C[NH+]1CC(CO)=C[C@@H]2c3cccc4[nH]cc(c34)C[C@H]21. The molecule has 1 aromatic carbocycles. The molecule has 1 unspecified atom stereocenters. The molecule has 3 heteroatoms. The molecule has 2 heterocycles. The molecule has 2 aliphatic rings. The zero-order valence-corrected chi connectivity index (χ0v) is 11.1. The van der Waals surface area contributed by atoms with E-state index in [4.69, 9.17) is 0 Å². The summed E-state index contributed by atoms with van der Waals surface area (Å²) in [6.45, 7) is 1.16. The average Bonchev–Trinajstić information content (AvgIpc) is 2.85. The molecule has 3 nitrogen and oxygen atoms in total. The molecule has 0 saturated heterocycles. The van der Waals surface area contributed by atoms with Crippen molar-refractivity contribution in [2.24, 2.45) is 0 Å². The van der Waals surface area contributed by atoms with Crippen molar-refractivity contribution < 1.29 is 10.0 Å². The second-order valence-electron chi connectivity index (χ2n) is 5.93. The fourth-order valence-corrected chi connectivity index (χ4v) is 3.90. The second-order valence-corrected chi connectivity index (χ2v) is 5.93. The van der Waals surface area contributed by atoms with Gasteiger partial charge in [0.1, 0.15) is 12.6 Å². The van der Waals surface area contributed by atoms with Gasteiger partial charge in [0.15, 0.2) is 0 Å². The molecule has 3 atom stereocenters. The molecular formula is C16H19N2O+. The minimum Gasteiger partial charge on any atom is -0.392 e. The number of hydrogen-bond donors (Lipinski definition) is 3. The molecule has 1 aliphatic carbocycles. The Bertz CT molecular complexity index is 670. The van der Waals surface area contributed by atoms with Crippen LogP contribution in [0.2, 0.25) is 0 Å². The Balaban J connectivity index is 1.95. The maximum Gasteiger partial charge on any atom is 0.102 e. The molecule has 0 spiro atoms. The van der Waals surface area contributed by atoms with Gasteiger partial charge in [-0.3, -0.25) is 0 Å². The zero-order valence-electron chi connectivity index (χ0n) is 11.1. The van der Waals surface area contributed by atoms with Gasteiger partial charge in [0, 0.05) is 29.1 Å². The van der Waals surface area contributed by atoms with Crippen LogP contribution in [0.3, 0.4) is 0 Å². The van der Waals surface area contributed by atoms with Gasteiger partial charge in [-0.1, -0.05) is 18.2 Å². The number of nitrogens with one attached hydrogen (secondary N) is 2. The fourth-order valence-electron chi connectivity index (χ4n) is 3.90. The average molecular weight is 255 g/mol. The van der Waals surface area contributed by atoms with Crippen molar-refractivity contribution in [3.05, 3.63) is 47.2 Å². The van der Waals surface area contributed by atoms with Crippen LogP contribution in [0.15, 0.2) is 36.0 Å². The molecule has 1 aromatic heterocycles. The van der Waals surface area contributed by atoms with Crippen molar-refractivity contribution in [1.29, 1.82) is 0 Å². The Labute approximate surface area is 112 Å². The van der Waals surface area contributed by atoms with Crippen LogP contribution in [0.25, 0.3) is 10.9 Å². The number of likely N-dealkylation sites (N-methyl/N-ethyl adjacent to an activating group) is 1. The first-order valence-corrected chi connectivity index (χ1v) is 6.99. The highest BCUT2D eigenvalue weighted by atomic mass is 16.3. The summed E-state index contributed by atoms with van der Waals surface area (Å²) in [7, 11) is 2.25. The maximum atomic E-state index is 9.46. The van der Waals surface area contributed by atoms with Crippen LogP contribution in [0.1, 0.15) is 17.0 Å². The van der Waals surface area contributed by atoms with Crippen molar-refractivity contribution in [3.63, 3.8) is 0 Å². The van der Waals surface area contributed by atoms with E-state index in [9.17, 15) is 5.11 Å². The van der Waals surface area contributed by atoms with Gasteiger partial charge in [0.25, 0.3) is 0 Å². The number of aliphatic hydroxyl groups is 1. The van der Waals surface area contributed by atoms with Gasteiger partial charge in [-0.2, -0.15) is 0 Å². The molecule has 0 bridgehead atoms. The largest absolute Gasteiger partial charge is 0.392 e. The third-order valence-corrected chi connectivity index (χ3v) is 4.81. The Morgan fingerprint density at radius 1 is 1.42 bits per heavy atom. The Morgan fingerprint density at radius 3 is 3.16 bits per heavy atom. The van der Waals surface area contributed by atoms with E-state index in [1.54, 1.807) is 0 Å². The monoisotopic (exact) mass is 255 g/mol. The number of aliphatic hydroxyl groups excluding tert-OH is 1. The predicted octanol–water partition coefficient (Wildman–Crippen LogP) is 0.623. The number of fused-ring (bicyclic) bond motifs is 2. The lowest BCUT2D eigenvalue weighted by Crippen LogP contribution is -3.15. The predicted molar refractivity (Wildman–Crippen MR) is 75.5 cm³/mol. The molecule has 0 saturated carbocycles. The lowest BCUT2D eigenvalue weighted by molar-refractivity contribution is -0.904. The van der Waals surface area contributed by atoms with E-state index in [2.05, 4.69) is 42.5 Å². The van der Waals surface area contributed by atoms with E-state index in [1.165, 1.54) is 32.5 Å². The van der Waals surface area contributed by atoms with Crippen LogP contribution in [-0.2, 0) is 6.42 Å². The molecule has 2 aromatic rings. The maximum absolute atomic E-state index is 9.46. The van der Waals surface area contributed by atoms with E-state index < -0.39 is 0 Å². The van der Waals surface area contributed by atoms with Gasteiger partial charge in [-0.25, -0.2) is 0 Å².